The predicted octanol–water partition coefficient (Wildman–Crippen LogP) is 7.03. The van der Waals surface area contributed by atoms with Crippen molar-refractivity contribution in [3.63, 3.8) is 0 Å². The van der Waals surface area contributed by atoms with Crippen LogP contribution in [0.1, 0.15) is 70.8 Å². The molecule has 5 nitrogen and oxygen atoms in total. The highest BCUT2D eigenvalue weighted by Crippen LogP contribution is 2.42. The standard InChI is InChI=1S/C24H26BrNO4S/c1-4-8-19-13(3)20(24(28)29-5-2)23(31-19)26-12-15-21-14-9-6-7-10-17(14)30-18(21)11-16(25)22(15)27/h11-12,27H,4-10H2,1-3H3/b26-12+. The minimum atomic E-state index is -0.352. The Morgan fingerprint density at radius 2 is 2.13 bits per heavy atom. The van der Waals surface area contributed by atoms with Crippen molar-refractivity contribution >= 4 is 55.4 Å². The van der Waals surface area contributed by atoms with Crippen molar-refractivity contribution in [3.05, 3.63) is 43.4 Å². The molecular formula is C24H26BrNO4S. The lowest BCUT2D eigenvalue weighted by Gasteiger charge is -2.10. The normalized spacial score (nSPS) is 13.8. The zero-order valence-electron chi connectivity index (χ0n) is 18.0. The molecule has 0 amide bonds. The zero-order chi connectivity index (χ0) is 22.1. The second-order valence-corrected chi connectivity index (χ2v) is 9.70. The van der Waals surface area contributed by atoms with Crippen molar-refractivity contribution < 1.29 is 19.1 Å². The third-order valence-corrected chi connectivity index (χ3v) is 7.57. The fourth-order valence-electron chi connectivity index (χ4n) is 4.21. The average Bonchev–Trinajstić information content (AvgIpc) is 3.26. The van der Waals surface area contributed by atoms with Crippen LogP contribution in [0.25, 0.3) is 11.0 Å². The van der Waals surface area contributed by atoms with Crippen LogP contribution in [0.3, 0.4) is 0 Å². The maximum absolute atomic E-state index is 12.6. The molecule has 2 heterocycles. The molecule has 0 fully saturated rings. The number of nitrogens with zero attached hydrogens (tertiary/aromatic N) is 1. The minimum Gasteiger partial charge on any atom is -0.506 e. The van der Waals surface area contributed by atoms with E-state index in [1.165, 1.54) is 11.3 Å². The maximum atomic E-state index is 12.6. The molecule has 0 spiro atoms. The Kier molecular flexibility index (Phi) is 6.53. The number of phenols is 1. The van der Waals surface area contributed by atoms with Gasteiger partial charge in [-0.2, -0.15) is 0 Å². The second kappa shape index (κ2) is 9.17. The van der Waals surface area contributed by atoms with Gasteiger partial charge in [0.1, 0.15) is 22.1 Å². The first-order chi connectivity index (χ1) is 15.0. The number of phenolic OH excluding ortho intramolecular Hbond substituents is 1. The molecule has 4 rings (SSSR count). The number of hydrogen-bond donors (Lipinski definition) is 1. The van der Waals surface area contributed by atoms with Crippen LogP contribution in [0, 0.1) is 6.92 Å². The van der Waals surface area contributed by atoms with Gasteiger partial charge in [-0.3, -0.25) is 0 Å². The fraction of sp³-hybridized carbons (Fsp3) is 0.417. The number of aliphatic imine (C=N–C) groups is 1. The number of fused-ring (bicyclic) bond motifs is 3. The molecule has 0 bridgehead atoms. The van der Waals surface area contributed by atoms with Gasteiger partial charge in [-0.15, -0.1) is 11.3 Å². The molecule has 1 aliphatic carbocycles. The van der Waals surface area contributed by atoms with Gasteiger partial charge in [-0.05, 0) is 67.1 Å². The molecule has 1 aliphatic rings. The third-order valence-electron chi connectivity index (χ3n) is 5.70. The van der Waals surface area contributed by atoms with Gasteiger partial charge in [0.25, 0.3) is 0 Å². The van der Waals surface area contributed by atoms with Crippen LogP contribution in [-0.4, -0.2) is 23.9 Å². The molecule has 0 radical (unpaired) electrons. The lowest BCUT2D eigenvalue weighted by Crippen LogP contribution is -2.05. The fourth-order valence-corrected chi connectivity index (χ4v) is 5.87. The first-order valence-electron chi connectivity index (χ1n) is 10.7. The lowest BCUT2D eigenvalue weighted by atomic mass is 9.94. The van der Waals surface area contributed by atoms with E-state index in [2.05, 4.69) is 22.9 Å². The van der Waals surface area contributed by atoms with Gasteiger partial charge >= 0.3 is 5.97 Å². The number of aromatic hydroxyl groups is 1. The maximum Gasteiger partial charge on any atom is 0.341 e. The number of halogens is 1. The summed E-state index contributed by atoms with van der Waals surface area (Å²) in [5.74, 6) is 0.776. The first kappa shape index (κ1) is 22.1. The Morgan fingerprint density at radius 1 is 1.35 bits per heavy atom. The summed E-state index contributed by atoms with van der Waals surface area (Å²) in [4.78, 5) is 18.5. The van der Waals surface area contributed by atoms with Crippen LogP contribution in [0.5, 0.6) is 5.75 Å². The Morgan fingerprint density at radius 3 is 2.87 bits per heavy atom. The third kappa shape index (κ3) is 4.05. The Labute approximate surface area is 194 Å². The van der Waals surface area contributed by atoms with Crippen LogP contribution in [0.4, 0.5) is 5.00 Å². The molecule has 1 aromatic carbocycles. The lowest BCUT2D eigenvalue weighted by molar-refractivity contribution is 0.0527. The summed E-state index contributed by atoms with van der Waals surface area (Å²) >= 11 is 4.95. The average molecular weight is 504 g/mol. The van der Waals surface area contributed by atoms with Crippen molar-refractivity contribution in [1.29, 1.82) is 0 Å². The monoisotopic (exact) mass is 503 g/mol. The van der Waals surface area contributed by atoms with Crippen molar-refractivity contribution in [2.75, 3.05) is 6.61 Å². The molecule has 2 aromatic heterocycles. The molecule has 31 heavy (non-hydrogen) atoms. The van der Waals surface area contributed by atoms with Gasteiger partial charge in [-0.1, -0.05) is 13.3 Å². The summed E-state index contributed by atoms with van der Waals surface area (Å²) < 4.78 is 11.9. The number of carbonyl (C=O) groups is 1. The van der Waals surface area contributed by atoms with Crippen LogP contribution in [0.15, 0.2) is 19.9 Å². The Bertz CT molecular complexity index is 1170. The number of aryl methyl sites for hydroxylation is 3. The van der Waals surface area contributed by atoms with E-state index in [1.807, 2.05) is 13.0 Å². The van der Waals surface area contributed by atoms with Gasteiger partial charge < -0.3 is 14.3 Å². The van der Waals surface area contributed by atoms with E-state index >= 15 is 0 Å². The number of esters is 1. The van der Waals surface area contributed by atoms with E-state index < -0.39 is 0 Å². The van der Waals surface area contributed by atoms with Crippen molar-refractivity contribution in [3.8, 4) is 5.75 Å². The number of thiophene rings is 1. The molecular weight excluding hydrogens is 478 g/mol. The smallest absolute Gasteiger partial charge is 0.341 e. The van der Waals surface area contributed by atoms with Gasteiger partial charge in [0, 0.05) is 34.0 Å². The van der Waals surface area contributed by atoms with Crippen molar-refractivity contribution in [1.82, 2.24) is 0 Å². The topological polar surface area (TPSA) is 72.0 Å². The van der Waals surface area contributed by atoms with E-state index in [1.54, 1.807) is 13.1 Å². The van der Waals surface area contributed by atoms with Crippen molar-refractivity contribution in [2.24, 2.45) is 4.99 Å². The highest BCUT2D eigenvalue weighted by atomic mass is 79.9. The van der Waals surface area contributed by atoms with Crippen LogP contribution < -0.4 is 0 Å². The van der Waals surface area contributed by atoms with E-state index in [0.717, 1.165) is 71.3 Å². The summed E-state index contributed by atoms with van der Waals surface area (Å²) in [6.45, 7) is 6.18. The number of benzene rings is 1. The summed E-state index contributed by atoms with van der Waals surface area (Å²) in [6.07, 6.45) is 7.60. The summed E-state index contributed by atoms with van der Waals surface area (Å²) in [6, 6.07) is 1.82. The number of furan rings is 1. The molecule has 0 saturated carbocycles. The molecule has 7 heteroatoms. The molecule has 0 atom stereocenters. The summed E-state index contributed by atoms with van der Waals surface area (Å²) in [5, 5.41) is 12.4. The SMILES string of the molecule is CCCc1sc(/N=C/c2c(O)c(Br)cc3oc4c(c23)CCCC4)c(C(=O)OCC)c1C. The van der Waals surface area contributed by atoms with Gasteiger partial charge in [0.2, 0.25) is 0 Å². The van der Waals surface area contributed by atoms with Gasteiger partial charge in [0.15, 0.2) is 0 Å². The highest BCUT2D eigenvalue weighted by molar-refractivity contribution is 9.10. The van der Waals surface area contributed by atoms with Crippen molar-refractivity contribution in [2.45, 2.75) is 59.3 Å². The first-order valence-corrected chi connectivity index (χ1v) is 12.4. The summed E-state index contributed by atoms with van der Waals surface area (Å²) in [5.41, 5.74) is 3.98. The molecule has 3 aromatic rings. The van der Waals surface area contributed by atoms with E-state index in [4.69, 9.17) is 14.1 Å². The van der Waals surface area contributed by atoms with E-state index in [-0.39, 0.29) is 11.7 Å². The number of ether oxygens (including phenoxy) is 1. The minimum absolute atomic E-state index is 0.130. The number of hydrogen-bond acceptors (Lipinski definition) is 6. The quantitative estimate of drug-likeness (QED) is 0.289. The van der Waals surface area contributed by atoms with Crippen LogP contribution >= 0.6 is 27.3 Å². The second-order valence-electron chi connectivity index (χ2n) is 7.76. The molecule has 1 N–H and O–H groups in total. The predicted molar refractivity (Wildman–Crippen MR) is 128 cm³/mol. The van der Waals surface area contributed by atoms with E-state index in [0.29, 0.717) is 27.2 Å². The molecule has 0 unspecified atom stereocenters. The largest absolute Gasteiger partial charge is 0.506 e. The molecule has 0 aliphatic heterocycles. The van der Waals surface area contributed by atoms with Crippen LogP contribution in [0.2, 0.25) is 0 Å². The highest BCUT2D eigenvalue weighted by Gasteiger charge is 2.24. The number of carbonyl (C=O) groups excluding carboxylic acids is 1. The van der Waals surface area contributed by atoms with Crippen LogP contribution in [-0.2, 0) is 24.0 Å². The van der Waals surface area contributed by atoms with Gasteiger partial charge in [-0.25, -0.2) is 9.79 Å². The Balaban J connectivity index is 1.85. The molecule has 164 valence electrons. The Hall–Kier alpha value is -2.12. The number of rotatable bonds is 6. The molecule has 0 saturated heterocycles. The van der Waals surface area contributed by atoms with E-state index in [9.17, 15) is 9.90 Å². The summed E-state index contributed by atoms with van der Waals surface area (Å²) in [7, 11) is 0. The zero-order valence-corrected chi connectivity index (χ0v) is 20.4. The van der Waals surface area contributed by atoms with Gasteiger partial charge in [0.05, 0.1) is 16.6 Å².